The number of rotatable bonds is 10. The van der Waals surface area contributed by atoms with Gasteiger partial charge in [-0.2, -0.15) is 0 Å². The Labute approximate surface area is 237 Å². The molecular weight excluding hydrogens is 526 g/mol. The van der Waals surface area contributed by atoms with E-state index >= 15 is 0 Å². The van der Waals surface area contributed by atoms with Gasteiger partial charge in [0.25, 0.3) is 0 Å². The molecule has 0 spiro atoms. The average Bonchev–Trinajstić information content (AvgIpc) is 3.45. The summed E-state index contributed by atoms with van der Waals surface area (Å²) < 4.78 is 19.2. The van der Waals surface area contributed by atoms with Gasteiger partial charge in [-0.15, -0.1) is 0 Å². The Bertz CT molecular complexity index is 1440. The van der Waals surface area contributed by atoms with Crippen LogP contribution in [0.4, 0.5) is 11.5 Å². The number of piperazine rings is 1. The largest absolute Gasteiger partial charge is 0.490 e. The molecule has 212 valence electrons. The van der Waals surface area contributed by atoms with Crippen LogP contribution in [0.3, 0.4) is 0 Å². The molecule has 2 aromatic heterocycles. The highest BCUT2D eigenvalue weighted by molar-refractivity contribution is 5.49. The monoisotopic (exact) mass is 557 g/mol. The maximum absolute atomic E-state index is 10.9. The number of imidazole rings is 1. The van der Waals surface area contributed by atoms with E-state index in [4.69, 9.17) is 14.2 Å². The molecule has 6 rings (SSSR count). The quantitative estimate of drug-likeness (QED) is 0.211. The van der Waals surface area contributed by atoms with Gasteiger partial charge < -0.3 is 29.2 Å². The van der Waals surface area contributed by atoms with E-state index in [1.807, 2.05) is 24.3 Å². The topological polar surface area (TPSA) is 121 Å². The highest BCUT2D eigenvalue weighted by Gasteiger charge is 2.28. The summed E-state index contributed by atoms with van der Waals surface area (Å²) in [5.74, 6) is 1.38. The lowest BCUT2D eigenvalue weighted by molar-refractivity contribution is -0.389. The van der Waals surface area contributed by atoms with Gasteiger partial charge in [0, 0.05) is 68.8 Å². The molecule has 41 heavy (non-hydrogen) atoms. The molecule has 0 radical (unpaired) electrons. The number of hydrogen-bond donors (Lipinski definition) is 0. The molecule has 1 fully saturated rings. The minimum Gasteiger partial charge on any atom is -0.490 e. The minimum absolute atomic E-state index is 0.201. The van der Waals surface area contributed by atoms with Crippen LogP contribution in [0.25, 0.3) is 0 Å². The molecule has 2 aliphatic rings. The maximum atomic E-state index is 10.9. The Morgan fingerprint density at radius 3 is 2.44 bits per heavy atom. The molecule has 12 nitrogen and oxygen atoms in total. The van der Waals surface area contributed by atoms with Crippen molar-refractivity contribution in [1.29, 1.82) is 0 Å². The molecule has 12 heteroatoms. The Kier molecular flexibility index (Phi) is 7.90. The predicted molar refractivity (Wildman–Crippen MR) is 150 cm³/mol. The van der Waals surface area contributed by atoms with E-state index in [-0.39, 0.29) is 17.9 Å². The summed E-state index contributed by atoms with van der Waals surface area (Å²) in [7, 11) is 0. The number of ether oxygens (including phenoxy) is 3. The third-order valence-electron chi connectivity index (χ3n) is 7.22. The Morgan fingerprint density at radius 1 is 0.951 bits per heavy atom. The summed E-state index contributed by atoms with van der Waals surface area (Å²) in [6.07, 6.45) is 6.92. The van der Waals surface area contributed by atoms with Gasteiger partial charge in [-0.3, -0.25) is 19.4 Å². The van der Waals surface area contributed by atoms with Crippen LogP contribution < -0.4 is 19.1 Å². The number of benzene rings is 2. The van der Waals surface area contributed by atoms with Crippen LogP contribution in [0.15, 0.2) is 73.3 Å². The lowest BCUT2D eigenvalue weighted by Gasteiger charge is -2.36. The molecule has 0 amide bonds. The van der Waals surface area contributed by atoms with Crippen molar-refractivity contribution in [2.24, 2.45) is 0 Å². The SMILES string of the molecule is O=[N+]([O-])c1cn2c(n1)OC(COc1ccc(N3CCN(Cc4ccc(OCc5cnccn5)cc4)CC3)cc1)CC2. The highest BCUT2D eigenvalue weighted by Crippen LogP contribution is 2.26. The smallest absolute Gasteiger partial charge is 0.414 e. The molecular formula is C29H31N7O5. The number of fused-ring (bicyclic) bond motifs is 1. The Hall–Kier alpha value is -4.71. The van der Waals surface area contributed by atoms with E-state index < -0.39 is 4.92 Å². The van der Waals surface area contributed by atoms with Crippen molar-refractivity contribution < 1.29 is 19.1 Å². The van der Waals surface area contributed by atoms with Gasteiger partial charge in [0.2, 0.25) is 0 Å². The van der Waals surface area contributed by atoms with Gasteiger partial charge in [-0.1, -0.05) is 12.1 Å². The third-order valence-corrected chi connectivity index (χ3v) is 7.22. The van der Waals surface area contributed by atoms with Crippen molar-refractivity contribution in [2.45, 2.75) is 32.2 Å². The standard InChI is InChI=1S/C29H31N7O5/c37-36(38)28-19-35-12-9-27(41-29(35)32-28)21-40-26-7-3-24(4-8-26)34-15-13-33(14-16-34)18-22-1-5-25(6-2-22)39-20-23-17-30-10-11-31-23/h1-8,10-11,17,19,27H,9,12-16,18,20-21H2. The van der Waals surface area contributed by atoms with Crippen LogP contribution in [-0.4, -0.2) is 68.2 Å². The van der Waals surface area contributed by atoms with Crippen molar-refractivity contribution in [3.05, 3.63) is 94.7 Å². The molecule has 4 heterocycles. The number of nitrogens with zero attached hydrogens (tertiary/aromatic N) is 7. The van der Waals surface area contributed by atoms with Gasteiger partial charge in [0.1, 0.15) is 37.0 Å². The second-order valence-electron chi connectivity index (χ2n) is 10.1. The van der Waals surface area contributed by atoms with Crippen LogP contribution in [0.1, 0.15) is 17.7 Å². The van der Waals surface area contributed by atoms with Crippen molar-refractivity contribution >= 4 is 11.5 Å². The van der Waals surface area contributed by atoms with Gasteiger partial charge >= 0.3 is 11.8 Å². The highest BCUT2D eigenvalue weighted by atomic mass is 16.6. The Balaban J connectivity index is 0.927. The summed E-state index contributed by atoms with van der Waals surface area (Å²) in [5, 5.41) is 10.9. The summed E-state index contributed by atoms with van der Waals surface area (Å²) in [6.45, 7) is 6.14. The zero-order chi connectivity index (χ0) is 28.0. The van der Waals surface area contributed by atoms with Gasteiger partial charge in [0.15, 0.2) is 0 Å². The summed E-state index contributed by atoms with van der Waals surface area (Å²) >= 11 is 0. The predicted octanol–water partition coefficient (Wildman–Crippen LogP) is 3.71. The number of aryl methyl sites for hydroxylation is 1. The molecule has 0 bridgehead atoms. The van der Waals surface area contributed by atoms with Gasteiger partial charge in [0.05, 0.1) is 11.9 Å². The fraction of sp³-hybridized carbons (Fsp3) is 0.345. The summed E-state index contributed by atoms with van der Waals surface area (Å²) in [5.41, 5.74) is 3.23. The van der Waals surface area contributed by atoms with Crippen molar-refractivity contribution in [2.75, 3.05) is 37.7 Å². The lowest BCUT2D eigenvalue weighted by atomic mass is 10.2. The second kappa shape index (κ2) is 12.2. The first-order valence-electron chi connectivity index (χ1n) is 13.6. The second-order valence-corrected chi connectivity index (χ2v) is 10.1. The van der Waals surface area contributed by atoms with E-state index in [1.54, 1.807) is 23.2 Å². The van der Waals surface area contributed by atoms with Crippen LogP contribution >= 0.6 is 0 Å². The number of hydrogen-bond acceptors (Lipinski definition) is 10. The van der Waals surface area contributed by atoms with E-state index in [0.29, 0.717) is 26.2 Å². The van der Waals surface area contributed by atoms with Gasteiger partial charge in [-0.05, 0) is 46.9 Å². The van der Waals surface area contributed by atoms with Crippen LogP contribution in [-0.2, 0) is 19.7 Å². The van der Waals surface area contributed by atoms with Crippen LogP contribution in [0.2, 0.25) is 0 Å². The van der Waals surface area contributed by atoms with Crippen molar-refractivity contribution in [1.82, 2.24) is 24.4 Å². The average molecular weight is 558 g/mol. The molecule has 4 aromatic rings. The first kappa shape index (κ1) is 26.5. The molecule has 1 saturated heterocycles. The molecule has 0 aliphatic carbocycles. The third kappa shape index (κ3) is 6.72. The molecule has 2 aromatic carbocycles. The normalized spacial score (nSPS) is 17.0. The van der Waals surface area contributed by atoms with Crippen molar-refractivity contribution in [3.8, 4) is 17.5 Å². The van der Waals surface area contributed by atoms with E-state index in [0.717, 1.165) is 49.9 Å². The number of nitro groups is 1. The lowest BCUT2D eigenvalue weighted by Crippen LogP contribution is -2.45. The van der Waals surface area contributed by atoms with Crippen LogP contribution in [0.5, 0.6) is 17.5 Å². The Morgan fingerprint density at radius 2 is 1.71 bits per heavy atom. The van der Waals surface area contributed by atoms with E-state index in [1.165, 1.54) is 17.4 Å². The molecule has 0 N–H and O–H groups in total. The maximum Gasteiger partial charge on any atom is 0.414 e. The molecule has 1 atom stereocenters. The number of aromatic nitrogens is 4. The van der Waals surface area contributed by atoms with E-state index in [9.17, 15) is 10.1 Å². The summed E-state index contributed by atoms with van der Waals surface area (Å²) in [6, 6.07) is 16.6. The van der Waals surface area contributed by atoms with Crippen LogP contribution in [0, 0.1) is 10.1 Å². The molecule has 0 saturated carbocycles. The molecule has 2 aliphatic heterocycles. The zero-order valence-electron chi connectivity index (χ0n) is 22.5. The zero-order valence-corrected chi connectivity index (χ0v) is 22.5. The van der Waals surface area contributed by atoms with Gasteiger partial charge in [-0.25, -0.2) is 0 Å². The van der Waals surface area contributed by atoms with E-state index in [2.05, 4.69) is 49.0 Å². The fourth-order valence-corrected chi connectivity index (χ4v) is 4.95. The van der Waals surface area contributed by atoms with Crippen molar-refractivity contribution in [3.63, 3.8) is 0 Å². The summed E-state index contributed by atoms with van der Waals surface area (Å²) in [4.78, 5) is 27.5. The first-order valence-corrected chi connectivity index (χ1v) is 13.6. The number of anilines is 1. The first-order chi connectivity index (χ1) is 20.1. The molecule has 1 unspecified atom stereocenters. The minimum atomic E-state index is -0.513. The fourth-order valence-electron chi connectivity index (χ4n) is 4.95.